The van der Waals surface area contributed by atoms with Gasteiger partial charge in [-0.1, -0.05) is 36.4 Å². The van der Waals surface area contributed by atoms with Crippen molar-refractivity contribution in [3.63, 3.8) is 0 Å². The maximum atomic E-state index is 11.6. The molecule has 0 aliphatic heterocycles. The lowest BCUT2D eigenvalue weighted by Crippen LogP contribution is -2.36. The predicted molar refractivity (Wildman–Crippen MR) is 95.0 cm³/mol. The Hall–Kier alpha value is -2.53. The molecule has 0 bridgehead atoms. The van der Waals surface area contributed by atoms with Gasteiger partial charge in [0.2, 0.25) is 0 Å². The van der Waals surface area contributed by atoms with Gasteiger partial charge in [-0.15, -0.1) is 0 Å². The van der Waals surface area contributed by atoms with Crippen molar-refractivity contribution in [3.05, 3.63) is 54.1 Å². The van der Waals surface area contributed by atoms with Gasteiger partial charge in [-0.05, 0) is 42.2 Å². The molecule has 1 unspecified atom stereocenters. The van der Waals surface area contributed by atoms with Gasteiger partial charge in [-0.2, -0.15) is 0 Å². The molecule has 2 aromatic rings. The smallest absolute Gasteiger partial charge is 0.315 e. The first kappa shape index (κ1) is 17.8. The first-order valence-electron chi connectivity index (χ1n) is 8.01. The molecule has 0 radical (unpaired) electrons. The van der Waals surface area contributed by atoms with Gasteiger partial charge in [0.25, 0.3) is 0 Å². The SMILES string of the molecule is COc1ccc(-c2ccc(CNC(=O)NCCC(C)O)cc2)cc1. The molecule has 5 heteroatoms. The third-order valence-electron chi connectivity index (χ3n) is 3.68. The van der Waals surface area contributed by atoms with E-state index in [1.54, 1.807) is 14.0 Å². The first-order chi connectivity index (χ1) is 11.6. The van der Waals surface area contributed by atoms with E-state index in [-0.39, 0.29) is 6.03 Å². The van der Waals surface area contributed by atoms with E-state index in [4.69, 9.17) is 9.84 Å². The highest BCUT2D eigenvalue weighted by Crippen LogP contribution is 2.22. The molecule has 0 aliphatic carbocycles. The van der Waals surface area contributed by atoms with Crippen molar-refractivity contribution in [1.29, 1.82) is 0 Å². The van der Waals surface area contributed by atoms with Crippen molar-refractivity contribution in [2.24, 2.45) is 0 Å². The van der Waals surface area contributed by atoms with E-state index in [1.807, 2.05) is 48.5 Å². The fourth-order valence-electron chi connectivity index (χ4n) is 2.24. The quantitative estimate of drug-likeness (QED) is 0.732. The number of ether oxygens (including phenoxy) is 1. The molecule has 128 valence electrons. The molecular formula is C19H24N2O3. The standard InChI is InChI=1S/C19H24N2O3/c1-14(22)11-12-20-19(23)21-13-15-3-5-16(6-4-15)17-7-9-18(24-2)10-8-17/h3-10,14,22H,11-13H2,1-2H3,(H2,20,21,23). The number of amides is 2. The van der Waals surface area contributed by atoms with Crippen LogP contribution in [0.4, 0.5) is 4.79 Å². The Morgan fingerprint density at radius 3 is 2.17 bits per heavy atom. The van der Waals surface area contributed by atoms with Crippen LogP contribution in [0.3, 0.4) is 0 Å². The number of hydrogen-bond donors (Lipinski definition) is 3. The molecule has 0 saturated carbocycles. The lowest BCUT2D eigenvalue weighted by atomic mass is 10.0. The van der Waals surface area contributed by atoms with E-state index in [1.165, 1.54) is 0 Å². The molecule has 5 nitrogen and oxygen atoms in total. The Balaban J connectivity index is 1.84. The van der Waals surface area contributed by atoms with E-state index in [0.29, 0.717) is 19.5 Å². The van der Waals surface area contributed by atoms with Crippen molar-refractivity contribution in [3.8, 4) is 16.9 Å². The van der Waals surface area contributed by atoms with Crippen LogP contribution in [0.5, 0.6) is 5.75 Å². The highest BCUT2D eigenvalue weighted by molar-refractivity contribution is 5.73. The summed E-state index contributed by atoms with van der Waals surface area (Å²) in [5.74, 6) is 0.834. The number of rotatable bonds is 7. The van der Waals surface area contributed by atoms with Gasteiger partial charge in [0.1, 0.15) is 5.75 Å². The molecule has 24 heavy (non-hydrogen) atoms. The zero-order chi connectivity index (χ0) is 17.4. The molecule has 0 heterocycles. The average molecular weight is 328 g/mol. The van der Waals surface area contributed by atoms with Crippen LogP contribution >= 0.6 is 0 Å². The summed E-state index contributed by atoms with van der Waals surface area (Å²) in [5.41, 5.74) is 3.26. The highest BCUT2D eigenvalue weighted by atomic mass is 16.5. The molecule has 0 fully saturated rings. The summed E-state index contributed by atoms with van der Waals surface area (Å²) >= 11 is 0. The number of aliphatic hydroxyl groups is 1. The second-order valence-corrected chi connectivity index (χ2v) is 5.67. The first-order valence-corrected chi connectivity index (χ1v) is 8.01. The third kappa shape index (κ3) is 5.59. The van der Waals surface area contributed by atoms with Crippen LogP contribution in [0.2, 0.25) is 0 Å². The van der Waals surface area contributed by atoms with E-state index in [9.17, 15) is 4.79 Å². The van der Waals surface area contributed by atoms with Gasteiger partial charge in [-0.3, -0.25) is 0 Å². The minimum absolute atomic E-state index is 0.227. The summed E-state index contributed by atoms with van der Waals surface area (Å²) in [4.78, 5) is 11.6. The van der Waals surface area contributed by atoms with E-state index in [0.717, 1.165) is 22.4 Å². The molecule has 2 amide bonds. The van der Waals surface area contributed by atoms with Crippen molar-refractivity contribution >= 4 is 6.03 Å². The van der Waals surface area contributed by atoms with Crippen LogP contribution in [0.25, 0.3) is 11.1 Å². The van der Waals surface area contributed by atoms with Gasteiger partial charge in [-0.25, -0.2) is 4.79 Å². The van der Waals surface area contributed by atoms with Gasteiger partial charge in [0, 0.05) is 13.1 Å². The number of carbonyl (C=O) groups is 1. The third-order valence-corrected chi connectivity index (χ3v) is 3.68. The summed E-state index contributed by atoms with van der Waals surface area (Å²) < 4.78 is 5.16. The number of nitrogens with one attached hydrogen (secondary N) is 2. The summed E-state index contributed by atoms with van der Waals surface area (Å²) in [5, 5.41) is 14.7. The van der Waals surface area contributed by atoms with Gasteiger partial charge >= 0.3 is 6.03 Å². The van der Waals surface area contributed by atoms with Crippen LogP contribution in [0.15, 0.2) is 48.5 Å². The molecule has 0 aromatic heterocycles. The zero-order valence-electron chi connectivity index (χ0n) is 14.1. The van der Waals surface area contributed by atoms with Crippen LogP contribution < -0.4 is 15.4 Å². The van der Waals surface area contributed by atoms with Gasteiger partial charge < -0.3 is 20.5 Å². The van der Waals surface area contributed by atoms with Gasteiger partial charge in [0.05, 0.1) is 13.2 Å². The maximum Gasteiger partial charge on any atom is 0.315 e. The van der Waals surface area contributed by atoms with E-state index >= 15 is 0 Å². The second kappa shape index (κ2) is 8.93. The molecule has 0 aliphatic rings. The fraction of sp³-hybridized carbons (Fsp3) is 0.316. The number of methoxy groups -OCH3 is 1. The van der Waals surface area contributed by atoms with E-state index < -0.39 is 6.10 Å². The normalized spacial score (nSPS) is 11.6. The average Bonchev–Trinajstić information content (AvgIpc) is 2.60. The van der Waals surface area contributed by atoms with Crippen LogP contribution in [0, 0.1) is 0 Å². The summed E-state index contributed by atoms with van der Waals surface area (Å²) in [7, 11) is 1.65. The molecule has 0 saturated heterocycles. The minimum Gasteiger partial charge on any atom is -0.497 e. The second-order valence-electron chi connectivity index (χ2n) is 5.67. The summed E-state index contributed by atoms with van der Waals surface area (Å²) in [6.07, 6.45) is 0.139. The molecule has 0 spiro atoms. The molecule has 2 rings (SSSR count). The lowest BCUT2D eigenvalue weighted by molar-refractivity contribution is 0.183. The van der Waals surface area contributed by atoms with Crippen LogP contribution in [-0.4, -0.2) is 30.9 Å². The topological polar surface area (TPSA) is 70.6 Å². The van der Waals surface area contributed by atoms with Crippen molar-refractivity contribution in [2.75, 3.05) is 13.7 Å². The number of aliphatic hydroxyl groups excluding tert-OH is 1. The molecular weight excluding hydrogens is 304 g/mol. The largest absolute Gasteiger partial charge is 0.497 e. The number of carbonyl (C=O) groups excluding carboxylic acids is 1. The summed E-state index contributed by atoms with van der Waals surface area (Å²) in [6, 6.07) is 15.7. The minimum atomic E-state index is -0.407. The Morgan fingerprint density at radius 1 is 1.04 bits per heavy atom. The number of hydrogen-bond acceptors (Lipinski definition) is 3. The Morgan fingerprint density at radius 2 is 1.62 bits per heavy atom. The summed E-state index contributed by atoms with van der Waals surface area (Å²) in [6.45, 7) is 2.62. The number of urea groups is 1. The molecule has 1 atom stereocenters. The van der Waals surface area contributed by atoms with Crippen molar-refractivity contribution < 1.29 is 14.6 Å². The monoisotopic (exact) mass is 328 g/mol. The highest BCUT2D eigenvalue weighted by Gasteiger charge is 2.03. The van der Waals surface area contributed by atoms with Gasteiger partial charge in [0.15, 0.2) is 0 Å². The Bertz CT molecular complexity index is 637. The Labute approximate surface area is 142 Å². The predicted octanol–water partition coefficient (Wildman–Crippen LogP) is 2.93. The molecule has 3 N–H and O–H groups in total. The maximum absolute atomic E-state index is 11.6. The Kier molecular flexibility index (Phi) is 6.63. The molecule has 2 aromatic carbocycles. The van der Waals surface area contributed by atoms with E-state index in [2.05, 4.69) is 10.6 Å². The van der Waals surface area contributed by atoms with Crippen molar-refractivity contribution in [1.82, 2.24) is 10.6 Å². The zero-order valence-corrected chi connectivity index (χ0v) is 14.1. The van der Waals surface area contributed by atoms with Crippen molar-refractivity contribution in [2.45, 2.75) is 26.0 Å². The fourth-order valence-corrected chi connectivity index (χ4v) is 2.24. The van der Waals surface area contributed by atoms with Crippen LogP contribution in [-0.2, 0) is 6.54 Å². The van der Waals surface area contributed by atoms with Crippen LogP contribution in [0.1, 0.15) is 18.9 Å². The lowest BCUT2D eigenvalue weighted by Gasteiger charge is -2.09. The number of benzene rings is 2.